The van der Waals surface area contributed by atoms with E-state index in [9.17, 15) is 13.6 Å². The third kappa shape index (κ3) is 3.32. The summed E-state index contributed by atoms with van der Waals surface area (Å²) in [5, 5.41) is 8.86. The largest absolute Gasteiger partial charge is 0.478 e. The lowest BCUT2D eigenvalue weighted by atomic mass is 10.2. The van der Waals surface area contributed by atoms with Crippen molar-refractivity contribution in [3.05, 3.63) is 65.2 Å². The summed E-state index contributed by atoms with van der Waals surface area (Å²) < 4.78 is 26.4. The van der Waals surface area contributed by atoms with E-state index in [1.807, 2.05) is 0 Å². The van der Waals surface area contributed by atoms with Gasteiger partial charge < -0.3 is 5.11 Å². The second-order valence-electron chi connectivity index (χ2n) is 3.83. The van der Waals surface area contributed by atoms with Crippen molar-refractivity contribution in [3.63, 3.8) is 0 Å². The molecule has 2 aromatic carbocycles. The van der Waals surface area contributed by atoms with Gasteiger partial charge in [-0.2, -0.15) is 0 Å². The summed E-state index contributed by atoms with van der Waals surface area (Å²) in [6.07, 6.45) is 0. The average Bonchev–Trinajstić information content (AvgIpc) is 2.41. The molecule has 5 heteroatoms. The van der Waals surface area contributed by atoms with Crippen LogP contribution in [0.5, 0.6) is 0 Å². The monoisotopic (exact) mass is 280 g/mol. The van der Waals surface area contributed by atoms with Crippen molar-refractivity contribution >= 4 is 17.7 Å². The predicted octanol–water partition coefficient (Wildman–Crippen LogP) is 3.96. The van der Waals surface area contributed by atoms with Crippen LogP contribution < -0.4 is 0 Å². The molecule has 0 saturated heterocycles. The zero-order valence-electron chi connectivity index (χ0n) is 9.77. The SMILES string of the molecule is O=C(O)c1cccc(SCc2cccc(F)c2F)c1. The molecule has 2 nitrogen and oxygen atoms in total. The molecule has 0 unspecified atom stereocenters. The molecule has 19 heavy (non-hydrogen) atoms. The number of rotatable bonds is 4. The summed E-state index contributed by atoms with van der Waals surface area (Å²) >= 11 is 1.26. The molecule has 1 N–H and O–H groups in total. The van der Waals surface area contributed by atoms with Gasteiger partial charge in [0.1, 0.15) is 0 Å². The zero-order chi connectivity index (χ0) is 13.8. The van der Waals surface area contributed by atoms with Gasteiger partial charge in [0.05, 0.1) is 5.56 Å². The van der Waals surface area contributed by atoms with E-state index in [0.717, 1.165) is 6.07 Å². The van der Waals surface area contributed by atoms with Crippen LogP contribution in [0.15, 0.2) is 47.4 Å². The van der Waals surface area contributed by atoms with Gasteiger partial charge in [0, 0.05) is 16.2 Å². The first kappa shape index (κ1) is 13.5. The maximum atomic E-state index is 13.4. The number of hydrogen-bond donors (Lipinski definition) is 1. The van der Waals surface area contributed by atoms with E-state index < -0.39 is 17.6 Å². The number of carbonyl (C=O) groups is 1. The van der Waals surface area contributed by atoms with Crippen LogP contribution in [0.3, 0.4) is 0 Å². The van der Waals surface area contributed by atoms with Crippen molar-refractivity contribution in [2.45, 2.75) is 10.6 Å². The molecule has 0 spiro atoms. The number of halogens is 2. The quantitative estimate of drug-likeness (QED) is 0.861. The fraction of sp³-hybridized carbons (Fsp3) is 0.0714. The molecule has 0 aromatic heterocycles. The highest BCUT2D eigenvalue weighted by Gasteiger charge is 2.09. The van der Waals surface area contributed by atoms with E-state index >= 15 is 0 Å². The number of carboxylic acids is 1. The van der Waals surface area contributed by atoms with E-state index in [2.05, 4.69) is 0 Å². The minimum Gasteiger partial charge on any atom is -0.478 e. The Labute approximate surface area is 113 Å². The van der Waals surface area contributed by atoms with Crippen molar-refractivity contribution < 1.29 is 18.7 Å². The van der Waals surface area contributed by atoms with Gasteiger partial charge >= 0.3 is 5.97 Å². The molecule has 0 bridgehead atoms. The Hall–Kier alpha value is -1.88. The smallest absolute Gasteiger partial charge is 0.335 e. The van der Waals surface area contributed by atoms with Gasteiger partial charge in [0.2, 0.25) is 0 Å². The minimum absolute atomic E-state index is 0.171. The maximum absolute atomic E-state index is 13.4. The molecular formula is C14H10F2O2S. The first-order valence-electron chi connectivity index (χ1n) is 5.47. The highest BCUT2D eigenvalue weighted by atomic mass is 32.2. The average molecular weight is 280 g/mol. The number of benzene rings is 2. The number of aromatic carboxylic acids is 1. The molecule has 2 rings (SSSR count). The third-order valence-corrected chi connectivity index (χ3v) is 3.55. The van der Waals surface area contributed by atoms with Crippen LogP contribution in [-0.4, -0.2) is 11.1 Å². The van der Waals surface area contributed by atoms with E-state index in [-0.39, 0.29) is 16.9 Å². The Morgan fingerprint density at radius 2 is 1.89 bits per heavy atom. The molecule has 0 saturated carbocycles. The molecule has 0 aliphatic rings. The predicted molar refractivity (Wildman–Crippen MR) is 69.3 cm³/mol. The molecule has 98 valence electrons. The summed E-state index contributed by atoms with van der Waals surface area (Å²) in [7, 11) is 0. The lowest BCUT2D eigenvalue weighted by Crippen LogP contribution is -1.96. The number of thioether (sulfide) groups is 1. The van der Waals surface area contributed by atoms with Crippen molar-refractivity contribution in [1.82, 2.24) is 0 Å². The molecular weight excluding hydrogens is 270 g/mol. The van der Waals surface area contributed by atoms with Gasteiger partial charge in [-0.1, -0.05) is 18.2 Å². The summed E-state index contributed by atoms with van der Waals surface area (Å²) in [6.45, 7) is 0. The summed E-state index contributed by atoms with van der Waals surface area (Å²) in [5.41, 5.74) is 0.426. The van der Waals surface area contributed by atoms with E-state index in [0.29, 0.717) is 4.90 Å². The minimum atomic E-state index is -1.01. The van der Waals surface area contributed by atoms with Crippen LogP contribution in [0.2, 0.25) is 0 Å². The lowest BCUT2D eigenvalue weighted by Gasteiger charge is -2.05. The van der Waals surface area contributed by atoms with Crippen LogP contribution in [0.25, 0.3) is 0 Å². The Balaban J connectivity index is 2.12. The maximum Gasteiger partial charge on any atom is 0.335 e. The second kappa shape index (κ2) is 5.84. The molecule has 0 heterocycles. The highest BCUT2D eigenvalue weighted by molar-refractivity contribution is 7.98. The topological polar surface area (TPSA) is 37.3 Å². The molecule has 2 aromatic rings. The van der Waals surface area contributed by atoms with Gasteiger partial charge in [-0.25, -0.2) is 13.6 Å². The molecule has 0 radical (unpaired) electrons. The first-order chi connectivity index (χ1) is 9.08. The zero-order valence-corrected chi connectivity index (χ0v) is 10.6. The summed E-state index contributed by atoms with van der Waals surface area (Å²) in [5.74, 6) is -2.51. The molecule has 0 amide bonds. The highest BCUT2D eigenvalue weighted by Crippen LogP contribution is 2.25. The Bertz CT molecular complexity index is 614. The standard InChI is InChI=1S/C14H10F2O2S/c15-12-6-2-4-10(13(12)16)8-19-11-5-1-3-9(7-11)14(17)18/h1-7H,8H2,(H,17,18). The molecule has 0 atom stereocenters. The van der Waals surface area contributed by atoms with Gasteiger partial charge in [-0.05, 0) is 24.3 Å². The van der Waals surface area contributed by atoms with E-state index in [1.165, 1.54) is 36.0 Å². The van der Waals surface area contributed by atoms with Crippen molar-refractivity contribution in [2.75, 3.05) is 0 Å². The third-order valence-electron chi connectivity index (χ3n) is 2.51. The van der Waals surface area contributed by atoms with Gasteiger partial charge in [-0.15, -0.1) is 11.8 Å². The molecule has 0 aliphatic heterocycles. The van der Waals surface area contributed by atoms with E-state index in [4.69, 9.17) is 5.11 Å². The van der Waals surface area contributed by atoms with Crippen LogP contribution in [0.1, 0.15) is 15.9 Å². The fourth-order valence-corrected chi connectivity index (χ4v) is 2.47. The normalized spacial score (nSPS) is 10.4. The Morgan fingerprint density at radius 1 is 1.16 bits per heavy atom. The van der Waals surface area contributed by atoms with E-state index in [1.54, 1.807) is 12.1 Å². The van der Waals surface area contributed by atoms with Crippen LogP contribution in [0, 0.1) is 11.6 Å². The fourth-order valence-electron chi connectivity index (χ4n) is 1.54. The summed E-state index contributed by atoms with van der Waals surface area (Å²) in [4.78, 5) is 11.5. The number of hydrogen-bond acceptors (Lipinski definition) is 2. The van der Waals surface area contributed by atoms with Gasteiger partial charge in [0.25, 0.3) is 0 Å². The van der Waals surface area contributed by atoms with Gasteiger partial charge in [-0.3, -0.25) is 0 Å². The van der Waals surface area contributed by atoms with Crippen molar-refractivity contribution in [1.29, 1.82) is 0 Å². The first-order valence-corrected chi connectivity index (χ1v) is 6.45. The van der Waals surface area contributed by atoms with Crippen LogP contribution in [-0.2, 0) is 5.75 Å². The van der Waals surface area contributed by atoms with Crippen molar-refractivity contribution in [2.24, 2.45) is 0 Å². The molecule has 0 fully saturated rings. The lowest BCUT2D eigenvalue weighted by molar-refractivity contribution is 0.0696. The van der Waals surface area contributed by atoms with Gasteiger partial charge in [0.15, 0.2) is 11.6 Å². The Morgan fingerprint density at radius 3 is 2.63 bits per heavy atom. The Kier molecular flexibility index (Phi) is 4.16. The number of carboxylic acid groups (broad SMARTS) is 1. The summed E-state index contributed by atoms with van der Waals surface area (Å²) in [6, 6.07) is 10.4. The van der Waals surface area contributed by atoms with Crippen molar-refractivity contribution in [3.8, 4) is 0 Å². The second-order valence-corrected chi connectivity index (χ2v) is 4.88. The van der Waals surface area contributed by atoms with Crippen LogP contribution in [0.4, 0.5) is 8.78 Å². The molecule has 0 aliphatic carbocycles. The van der Waals surface area contributed by atoms with Crippen LogP contribution >= 0.6 is 11.8 Å².